The van der Waals surface area contributed by atoms with Gasteiger partial charge in [0, 0.05) is 29.3 Å². The van der Waals surface area contributed by atoms with Crippen LogP contribution < -0.4 is 0 Å². The van der Waals surface area contributed by atoms with E-state index in [1.165, 1.54) is 5.56 Å². The molecule has 1 N–H and O–H groups in total. The number of hydrogen-bond acceptors (Lipinski definition) is 4. The van der Waals surface area contributed by atoms with Crippen molar-refractivity contribution in [2.24, 2.45) is 10.4 Å². The van der Waals surface area contributed by atoms with Crippen molar-refractivity contribution in [1.82, 2.24) is 15.1 Å². The molecular weight excluding hydrogens is 348 g/mol. The van der Waals surface area contributed by atoms with Crippen LogP contribution in [0.25, 0.3) is 33.6 Å². The lowest BCUT2D eigenvalue weighted by atomic mass is 9.82. The summed E-state index contributed by atoms with van der Waals surface area (Å²) in [6.45, 7) is 6.80. The maximum Gasteiger partial charge on any atom is 0.167 e. The summed E-state index contributed by atoms with van der Waals surface area (Å²) < 4.78 is 5.64. The minimum Gasteiger partial charge on any atom is -0.356 e. The van der Waals surface area contributed by atoms with E-state index in [-0.39, 0.29) is 5.41 Å². The molecule has 5 rings (SSSR count). The van der Waals surface area contributed by atoms with E-state index in [9.17, 15) is 0 Å². The SMILES string of the molecule is CC(C)(C)CC1C=Nc2cc(-c3cc(-c4ccc5nc[nH]c5c4)no3)ccc21. The molecule has 1 aliphatic heterocycles. The van der Waals surface area contributed by atoms with Gasteiger partial charge in [-0.1, -0.05) is 44.1 Å². The Kier molecular flexibility index (Phi) is 3.72. The third-order valence-corrected chi connectivity index (χ3v) is 5.17. The van der Waals surface area contributed by atoms with Gasteiger partial charge in [-0.3, -0.25) is 4.99 Å². The zero-order chi connectivity index (χ0) is 19.3. The molecule has 1 unspecified atom stereocenters. The predicted molar refractivity (Wildman–Crippen MR) is 112 cm³/mol. The van der Waals surface area contributed by atoms with Crippen LogP contribution in [0.3, 0.4) is 0 Å². The van der Waals surface area contributed by atoms with Crippen molar-refractivity contribution in [3.05, 3.63) is 54.4 Å². The Balaban J connectivity index is 1.44. The monoisotopic (exact) mass is 370 g/mol. The van der Waals surface area contributed by atoms with Crippen LogP contribution in [0.5, 0.6) is 0 Å². The minimum atomic E-state index is 0.270. The van der Waals surface area contributed by atoms with E-state index in [1.54, 1.807) is 6.33 Å². The number of nitrogens with zero attached hydrogens (tertiary/aromatic N) is 3. The van der Waals surface area contributed by atoms with Gasteiger partial charge < -0.3 is 9.51 Å². The second kappa shape index (κ2) is 6.16. The molecule has 0 spiro atoms. The quantitative estimate of drug-likeness (QED) is 0.472. The normalized spacial score (nSPS) is 16.0. The zero-order valence-corrected chi connectivity index (χ0v) is 16.2. The first kappa shape index (κ1) is 16.9. The molecule has 0 amide bonds. The Hall–Kier alpha value is -3.21. The summed E-state index contributed by atoms with van der Waals surface area (Å²) >= 11 is 0. The molecule has 0 aliphatic carbocycles. The molecular formula is C23H22N4O. The van der Waals surface area contributed by atoms with Crippen molar-refractivity contribution in [3.8, 4) is 22.6 Å². The number of imidazole rings is 1. The molecule has 0 saturated carbocycles. The number of aromatic amines is 1. The number of fused-ring (bicyclic) bond motifs is 2. The molecule has 3 heterocycles. The zero-order valence-electron chi connectivity index (χ0n) is 16.2. The van der Waals surface area contributed by atoms with Gasteiger partial charge in [-0.05, 0) is 35.6 Å². The van der Waals surface area contributed by atoms with Crippen molar-refractivity contribution in [2.75, 3.05) is 0 Å². The Labute approximate surface area is 163 Å². The van der Waals surface area contributed by atoms with Crippen molar-refractivity contribution in [2.45, 2.75) is 33.1 Å². The standard InChI is InChI=1S/C23H22N4O/c1-23(2,3)11-16-12-24-20-9-15(4-6-17(16)20)22-10-19(27-28-22)14-5-7-18-21(8-14)26-13-25-18/h4-10,12-13,16H,11H2,1-3H3,(H,25,26). The summed E-state index contributed by atoms with van der Waals surface area (Å²) in [6.07, 6.45) is 4.86. The number of nitrogens with one attached hydrogen (secondary N) is 1. The van der Waals surface area contributed by atoms with E-state index in [4.69, 9.17) is 4.52 Å². The van der Waals surface area contributed by atoms with Crippen LogP contribution >= 0.6 is 0 Å². The van der Waals surface area contributed by atoms with E-state index >= 15 is 0 Å². The second-order valence-electron chi connectivity index (χ2n) is 8.63. The average Bonchev–Trinajstić information content (AvgIpc) is 3.39. The van der Waals surface area contributed by atoms with Gasteiger partial charge in [0.15, 0.2) is 5.76 Å². The largest absolute Gasteiger partial charge is 0.356 e. The Morgan fingerprint density at radius 3 is 2.75 bits per heavy atom. The predicted octanol–water partition coefficient (Wildman–Crippen LogP) is 6.12. The van der Waals surface area contributed by atoms with Crippen molar-refractivity contribution in [3.63, 3.8) is 0 Å². The van der Waals surface area contributed by atoms with Crippen LogP contribution in [0.2, 0.25) is 0 Å². The lowest BCUT2D eigenvalue weighted by Crippen LogP contribution is -2.11. The summed E-state index contributed by atoms with van der Waals surface area (Å²) in [6, 6.07) is 14.4. The highest BCUT2D eigenvalue weighted by Gasteiger charge is 2.25. The summed E-state index contributed by atoms with van der Waals surface area (Å²) in [4.78, 5) is 12.0. The van der Waals surface area contributed by atoms with Crippen LogP contribution in [0, 0.1) is 5.41 Å². The third kappa shape index (κ3) is 3.03. The van der Waals surface area contributed by atoms with E-state index in [2.05, 4.69) is 65.3 Å². The lowest BCUT2D eigenvalue weighted by molar-refractivity contribution is 0.370. The number of aromatic nitrogens is 3. The molecule has 0 radical (unpaired) electrons. The second-order valence-corrected chi connectivity index (χ2v) is 8.63. The molecule has 28 heavy (non-hydrogen) atoms. The van der Waals surface area contributed by atoms with Gasteiger partial charge in [0.1, 0.15) is 5.69 Å². The molecule has 0 fully saturated rings. The molecule has 1 atom stereocenters. The minimum absolute atomic E-state index is 0.270. The molecule has 0 saturated heterocycles. The van der Waals surface area contributed by atoms with Crippen LogP contribution in [-0.2, 0) is 0 Å². The van der Waals surface area contributed by atoms with Gasteiger partial charge in [0.05, 0.1) is 23.0 Å². The van der Waals surface area contributed by atoms with Gasteiger partial charge in [0.25, 0.3) is 0 Å². The maximum absolute atomic E-state index is 5.64. The Morgan fingerprint density at radius 1 is 1.04 bits per heavy atom. The first-order valence-corrected chi connectivity index (χ1v) is 9.55. The lowest BCUT2D eigenvalue weighted by Gasteiger charge is -2.22. The molecule has 4 aromatic rings. The average molecular weight is 370 g/mol. The first-order valence-electron chi connectivity index (χ1n) is 9.55. The fourth-order valence-corrected chi connectivity index (χ4v) is 3.84. The van der Waals surface area contributed by atoms with Crippen LogP contribution in [0.1, 0.15) is 38.7 Å². The van der Waals surface area contributed by atoms with Crippen LogP contribution in [0.4, 0.5) is 5.69 Å². The number of hydrogen-bond donors (Lipinski definition) is 1. The summed E-state index contributed by atoms with van der Waals surface area (Å²) in [7, 11) is 0. The molecule has 5 nitrogen and oxygen atoms in total. The topological polar surface area (TPSA) is 67.1 Å². The number of H-pyrrole nitrogens is 1. The number of benzene rings is 2. The van der Waals surface area contributed by atoms with Gasteiger partial charge in [-0.15, -0.1) is 0 Å². The molecule has 2 aromatic heterocycles. The molecule has 2 aromatic carbocycles. The van der Waals surface area contributed by atoms with Crippen LogP contribution in [-0.4, -0.2) is 21.3 Å². The fourth-order valence-electron chi connectivity index (χ4n) is 3.84. The van der Waals surface area contributed by atoms with Gasteiger partial charge in [-0.2, -0.15) is 0 Å². The van der Waals surface area contributed by atoms with E-state index in [0.717, 1.165) is 45.7 Å². The Bertz CT molecular complexity index is 1190. The Morgan fingerprint density at radius 2 is 1.89 bits per heavy atom. The molecule has 0 bridgehead atoms. The van der Waals surface area contributed by atoms with E-state index < -0.39 is 0 Å². The highest BCUT2D eigenvalue weighted by Crippen LogP contribution is 2.41. The smallest absolute Gasteiger partial charge is 0.167 e. The summed E-state index contributed by atoms with van der Waals surface area (Å²) in [5.74, 6) is 1.13. The molecule has 140 valence electrons. The maximum atomic E-state index is 5.64. The van der Waals surface area contributed by atoms with E-state index in [1.807, 2.05) is 24.3 Å². The summed E-state index contributed by atoms with van der Waals surface area (Å²) in [5.41, 5.74) is 7.32. The summed E-state index contributed by atoms with van der Waals surface area (Å²) in [5, 5.41) is 4.26. The highest BCUT2D eigenvalue weighted by molar-refractivity contribution is 5.84. The van der Waals surface area contributed by atoms with Crippen molar-refractivity contribution in [1.29, 1.82) is 0 Å². The third-order valence-electron chi connectivity index (χ3n) is 5.17. The first-order chi connectivity index (χ1) is 13.5. The number of rotatable bonds is 3. The highest BCUT2D eigenvalue weighted by atomic mass is 16.5. The molecule has 1 aliphatic rings. The van der Waals surface area contributed by atoms with Gasteiger partial charge in [-0.25, -0.2) is 4.98 Å². The van der Waals surface area contributed by atoms with Gasteiger partial charge >= 0.3 is 0 Å². The molecule has 5 heteroatoms. The van der Waals surface area contributed by atoms with E-state index in [0.29, 0.717) is 5.92 Å². The van der Waals surface area contributed by atoms with Gasteiger partial charge in [0.2, 0.25) is 0 Å². The van der Waals surface area contributed by atoms with Crippen molar-refractivity contribution >= 4 is 22.9 Å². The van der Waals surface area contributed by atoms with Crippen LogP contribution in [0.15, 0.2) is 58.3 Å². The fraction of sp³-hybridized carbons (Fsp3) is 0.261. The van der Waals surface area contributed by atoms with Crippen molar-refractivity contribution < 1.29 is 4.52 Å². The number of aliphatic imine (C=N–C) groups is 1.